The van der Waals surface area contributed by atoms with E-state index in [1.165, 1.54) is 0 Å². The fourth-order valence-corrected chi connectivity index (χ4v) is 4.12. The number of hydrogen-bond acceptors (Lipinski definition) is 4. The molecule has 1 saturated carbocycles. The Morgan fingerprint density at radius 2 is 1.95 bits per heavy atom. The summed E-state index contributed by atoms with van der Waals surface area (Å²) in [6.45, 7) is 2.98. The van der Waals surface area contributed by atoms with Crippen molar-refractivity contribution in [3.8, 4) is 0 Å². The van der Waals surface area contributed by atoms with Crippen molar-refractivity contribution in [2.45, 2.75) is 44.5 Å². The first-order chi connectivity index (χ1) is 10.6. The summed E-state index contributed by atoms with van der Waals surface area (Å²) < 4.78 is 11.8. The molecule has 1 N–H and O–H groups in total. The molecule has 0 spiro atoms. The molecular formula is C18H24O4. The number of aliphatic hydroxyl groups excluding tert-OH is 1. The van der Waals surface area contributed by atoms with Gasteiger partial charge in [0.2, 0.25) is 0 Å². The van der Waals surface area contributed by atoms with Crippen LogP contribution < -0.4 is 0 Å². The summed E-state index contributed by atoms with van der Waals surface area (Å²) in [5.74, 6) is -1.19. The summed E-state index contributed by atoms with van der Waals surface area (Å²) in [6.07, 6.45) is 3.22. The summed E-state index contributed by atoms with van der Waals surface area (Å²) in [4.78, 5) is 11.4. The molecule has 1 aromatic rings. The molecule has 1 aromatic carbocycles. The van der Waals surface area contributed by atoms with E-state index in [0.717, 1.165) is 31.1 Å². The Hall–Kier alpha value is -1.23. The molecule has 2 aliphatic rings. The maximum atomic E-state index is 11.4. The maximum Gasteiger partial charge on any atom is 0.174 e. The van der Waals surface area contributed by atoms with Crippen molar-refractivity contribution in [2.24, 2.45) is 11.3 Å². The summed E-state index contributed by atoms with van der Waals surface area (Å²) in [5, 5.41) is 11.0. The van der Waals surface area contributed by atoms with Crippen LogP contribution in [-0.2, 0) is 20.7 Å². The minimum absolute atomic E-state index is 0.345. The van der Waals surface area contributed by atoms with Gasteiger partial charge in [0.05, 0.1) is 24.7 Å². The molecule has 4 nitrogen and oxygen atoms in total. The standard InChI is InChI=1S/C18H24O4/c1-17(21-10-11-22-17)18(12-14-6-3-2-4-7-14)9-5-8-15(13-19)16(18)20/h2-4,6-7,13,15-16,20H,5,8-12H2,1H3/t15-,16-,18?/m0/s1. The molecule has 1 heterocycles. The van der Waals surface area contributed by atoms with Crippen molar-refractivity contribution < 1.29 is 19.4 Å². The van der Waals surface area contributed by atoms with E-state index in [1.54, 1.807) is 0 Å². The van der Waals surface area contributed by atoms with Gasteiger partial charge in [-0.25, -0.2) is 0 Å². The lowest BCUT2D eigenvalue weighted by Crippen LogP contribution is -2.59. The monoisotopic (exact) mass is 304 g/mol. The number of hydrogen-bond donors (Lipinski definition) is 1. The highest BCUT2D eigenvalue weighted by Gasteiger charge is 2.59. The summed E-state index contributed by atoms with van der Waals surface area (Å²) in [6, 6.07) is 10.1. The van der Waals surface area contributed by atoms with Crippen LogP contribution in [0.3, 0.4) is 0 Å². The van der Waals surface area contributed by atoms with Gasteiger partial charge in [-0.1, -0.05) is 36.8 Å². The Morgan fingerprint density at radius 1 is 1.27 bits per heavy atom. The van der Waals surface area contributed by atoms with E-state index in [4.69, 9.17) is 9.47 Å². The Balaban J connectivity index is 1.99. The van der Waals surface area contributed by atoms with Crippen LogP contribution in [0.25, 0.3) is 0 Å². The smallest absolute Gasteiger partial charge is 0.174 e. The first-order valence-corrected chi connectivity index (χ1v) is 8.06. The van der Waals surface area contributed by atoms with Gasteiger partial charge in [0.15, 0.2) is 5.79 Å². The minimum atomic E-state index is -0.843. The van der Waals surface area contributed by atoms with Crippen LogP contribution in [0.15, 0.2) is 30.3 Å². The second-order valence-corrected chi connectivity index (χ2v) is 6.60. The average Bonchev–Trinajstić information content (AvgIpc) is 2.99. The molecule has 3 atom stereocenters. The summed E-state index contributed by atoms with van der Waals surface area (Å²) in [5.41, 5.74) is 0.544. The van der Waals surface area contributed by atoms with E-state index < -0.39 is 17.3 Å². The lowest BCUT2D eigenvalue weighted by Gasteiger charge is -2.52. The lowest BCUT2D eigenvalue weighted by atomic mass is 9.60. The predicted molar refractivity (Wildman–Crippen MR) is 82.3 cm³/mol. The molecule has 0 amide bonds. The van der Waals surface area contributed by atoms with Crippen LogP contribution in [0.5, 0.6) is 0 Å². The zero-order valence-corrected chi connectivity index (χ0v) is 13.0. The lowest BCUT2D eigenvalue weighted by molar-refractivity contribution is -0.269. The summed E-state index contributed by atoms with van der Waals surface area (Å²) in [7, 11) is 0. The second-order valence-electron chi connectivity index (χ2n) is 6.60. The Bertz CT molecular complexity index is 509. The maximum absolute atomic E-state index is 11.4. The second kappa shape index (κ2) is 6.11. The highest BCUT2D eigenvalue weighted by Crippen LogP contribution is 2.52. The third kappa shape index (κ3) is 2.49. The number of benzene rings is 1. The van der Waals surface area contributed by atoms with E-state index in [1.807, 2.05) is 25.1 Å². The van der Waals surface area contributed by atoms with E-state index in [-0.39, 0.29) is 5.92 Å². The minimum Gasteiger partial charge on any atom is -0.392 e. The molecule has 0 radical (unpaired) electrons. The van der Waals surface area contributed by atoms with Crippen LogP contribution in [0.4, 0.5) is 0 Å². The molecule has 3 rings (SSSR count). The first-order valence-electron chi connectivity index (χ1n) is 8.06. The van der Waals surface area contributed by atoms with Crippen molar-refractivity contribution in [1.82, 2.24) is 0 Å². The van der Waals surface area contributed by atoms with Gasteiger partial charge in [0.1, 0.15) is 6.29 Å². The normalized spacial score (nSPS) is 34.5. The topological polar surface area (TPSA) is 55.8 Å². The van der Waals surface area contributed by atoms with Gasteiger partial charge >= 0.3 is 0 Å². The van der Waals surface area contributed by atoms with Crippen molar-refractivity contribution in [3.63, 3.8) is 0 Å². The molecule has 1 saturated heterocycles. The van der Waals surface area contributed by atoms with E-state index in [0.29, 0.717) is 19.6 Å². The van der Waals surface area contributed by atoms with Crippen LogP contribution in [0.2, 0.25) is 0 Å². The van der Waals surface area contributed by atoms with Gasteiger partial charge < -0.3 is 19.4 Å². The number of carbonyl (C=O) groups is 1. The number of ether oxygens (including phenoxy) is 2. The zero-order valence-electron chi connectivity index (χ0n) is 13.0. The molecule has 1 aliphatic heterocycles. The average molecular weight is 304 g/mol. The highest BCUT2D eigenvalue weighted by molar-refractivity contribution is 5.55. The molecule has 1 unspecified atom stereocenters. The number of rotatable bonds is 4. The molecule has 120 valence electrons. The van der Waals surface area contributed by atoms with Crippen LogP contribution in [-0.4, -0.2) is 36.5 Å². The van der Waals surface area contributed by atoms with Gasteiger partial charge in [-0.15, -0.1) is 0 Å². The number of aliphatic hydroxyl groups is 1. The van der Waals surface area contributed by atoms with Gasteiger partial charge in [-0.05, 0) is 31.7 Å². The van der Waals surface area contributed by atoms with Gasteiger partial charge in [0.25, 0.3) is 0 Å². The van der Waals surface area contributed by atoms with E-state index in [2.05, 4.69) is 12.1 Å². The molecule has 1 aliphatic carbocycles. The van der Waals surface area contributed by atoms with Crippen LogP contribution in [0.1, 0.15) is 31.7 Å². The predicted octanol–water partition coefficient (Wildman–Crippen LogP) is 2.34. The molecule has 0 aromatic heterocycles. The third-order valence-corrected chi connectivity index (χ3v) is 5.41. The fourth-order valence-electron chi connectivity index (χ4n) is 4.12. The van der Waals surface area contributed by atoms with Crippen LogP contribution in [0, 0.1) is 11.3 Å². The van der Waals surface area contributed by atoms with E-state index in [9.17, 15) is 9.90 Å². The van der Waals surface area contributed by atoms with Crippen molar-refractivity contribution in [2.75, 3.05) is 13.2 Å². The van der Waals surface area contributed by atoms with Gasteiger partial charge in [-0.2, -0.15) is 0 Å². The highest BCUT2D eigenvalue weighted by atomic mass is 16.7. The van der Waals surface area contributed by atoms with Crippen molar-refractivity contribution in [1.29, 1.82) is 0 Å². The van der Waals surface area contributed by atoms with Gasteiger partial charge in [-0.3, -0.25) is 0 Å². The Kier molecular flexibility index (Phi) is 4.35. The fraction of sp³-hybridized carbons (Fsp3) is 0.611. The number of carbonyl (C=O) groups excluding carboxylic acids is 1. The zero-order chi connectivity index (χ0) is 15.6. The largest absolute Gasteiger partial charge is 0.392 e. The number of aldehydes is 1. The van der Waals surface area contributed by atoms with Crippen LogP contribution >= 0.6 is 0 Å². The Morgan fingerprint density at radius 3 is 2.59 bits per heavy atom. The third-order valence-electron chi connectivity index (χ3n) is 5.41. The van der Waals surface area contributed by atoms with Crippen molar-refractivity contribution in [3.05, 3.63) is 35.9 Å². The molecule has 22 heavy (non-hydrogen) atoms. The molecule has 2 fully saturated rings. The quantitative estimate of drug-likeness (QED) is 0.868. The van der Waals surface area contributed by atoms with Crippen molar-refractivity contribution >= 4 is 6.29 Å². The first kappa shape index (κ1) is 15.7. The Labute approximate surface area is 131 Å². The summed E-state index contributed by atoms with van der Waals surface area (Å²) >= 11 is 0. The molecule has 0 bridgehead atoms. The SMILES string of the molecule is CC1(C2(Cc3ccccc3)CCC[C@@H](C=O)[C@@H]2O)OCCO1. The van der Waals surface area contributed by atoms with Gasteiger partial charge in [0, 0.05) is 5.92 Å². The van der Waals surface area contributed by atoms with E-state index >= 15 is 0 Å². The molecule has 4 heteroatoms. The molecular weight excluding hydrogens is 280 g/mol.